The van der Waals surface area contributed by atoms with Crippen molar-refractivity contribution in [2.75, 3.05) is 13.1 Å². The number of nitrogens with zero attached hydrogens (tertiary/aromatic N) is 1. The van der Waals surface area contributed by atoms with Gasteiger partial charge in [0.1, 0.15) is 0 Å². The number of hydrogen-bond donors (Lipinski definition) is 1. The molecule has 2 saturated carbocycles. The van der Waals surface area contributed by atoms with Crippen molar-refractivity contribution in [1.29, 1.82) is 0 Å². The molecule has 3 heteroatoms. The number of benzene rings is 1. The summed E-state index contributed by atoms with van der Waals surface area (Å²) in [6, 6.07) is 7.05. The summed E-state index contributed by atoms with van der Waals surface area (Å²) < 4.78 is 0. The highest BCUT2D eigenvalue weighted by Crippen LogP contribution is 2.56. The van der Waals surface area contributed by atoms with Gasteiger partial charge in [0, 0.05) is 23.6 Å². The van der Waals surface area contributed by atoms with E-state index >= 15 is 0 Å². The van der Waals surface area contributed by atoms with Crippen molar-refractivity contribution in [2.45, 2.75) is 83.1 Å². The van der Waals surface area contributed by atoms with Crippen molar-refractivity contribution in [1.82, 2.24) is 4.90 Å². The molecular weight excluding hydrogens is 332 g/mol. The van der Waals surface area contributed by atoms with Crippen LogP contribution in [0.5, 0.6) is 0 Å². The maximum atomic E-state index is 11.7. The van der Waals surface area contributed by atoms with Gasteiger partial charge < -0.3 is 5.73 Å². The minimum absolute atomic E-state index is 0.281. The quantitative estimate of drug-likeness (QED) is 0.843. The molecule has 4 aliphatic rings. The molecule has 1 aromatic carbocycles. The van der Waals surface area contributed by atoms with E-state index in [2.05, 4.69) is 17.0 Å². The Bertz CT molecular complexity index is 696. The highest BCUT2D eigenvalue weighted by molar-refractivity contribution is 5.93. The maximum absolute atomic E-state index is 11.7. The van der Waals surface area contributed by atoms with Crippen LogP contribution in [-0.4, -0.2) is 29.9 Å². The second-order valence-electron chi connectivity index (χ2n) is 9.06. The lowest BCUT2D eigenvalue weighted by Crippen LogP contribution is -2.61. The Kier molecular flexibility index (Phi) is 5.33. The van der Waals surface area contributed by atoms with Crippen molar-refractivity contribution >= 4 is 5.91 Å². The Morgan fingerprint density at radius 1 is 1.15 bits per heavy atom. The Morgan fingerprint density at radius 2 is 1.96 bits per heavy atom. The first-order valence-electron chi connectivity index (χ1n) is 11.3. The Hall–Kier alpha value is -1.35. The fourth-order valence-electron chi connectivity index (χ4n) is 6.47. The van der Waals surface area contributed by atoms with Gasteiger partial charge in [0.15, 0.2) is 0 Å². The predicted molar refractivity (Wildman–Crippen MR) is 111 cm³/mol. The highest BCUT2D eigenvalue weighted by atomic mass is 16.1. The molecule has 1 aromatic rings. The van der Waals surface area contributed by atoms with E-state index in [1.165, 1.54) is 82.0 Å². The first kappa shape index (κ1) is 19.0. The van der Waals surface area contributed by atoms with Crippen LogP contribution in [0.2, 0.25) is 0 Å². The monoisotopic (exact) mass is 368 g/mol. The molecule has 3 fully saturated rings. The number of primary amides is 1. The molecule has 0 spiro atoms. The summed E-state index contributed by atoms with van der Waals surface area (Å²) in [5.74, 6) is 1.46. The van der Waals surface area contributed by atoms with Crippen LogP contribution in [0.25, 0.3) is 0 Å². The zero-order valence-corrected chi connectivity index (χ0v) is 17.2. The van der Waals surface area contributed by atoms with E-state index < -0.39 is 0 Å². The molecular formula is C24H36N2O. The number of piperidine rings is 1. The first-order chi connectivity index (χ1) is 13.2. The van der Waals surface area contributed by atoms with Crippen molar-refractivity contribution < 1.29 is 4.79 Å². The minimum Gasteiger partial charge on any atom is -0.366 e. The molecule has 5 rings (SSSR count). The lowest BCUT2D eigenvalue weighted by atomic mass is 9.52. The van der Waals surface area contributed by atoms with Gasteiger partial charge in [-0.25, -0.2) is 0 Å². The van der Waals surface area contributed by atoms with E-state index in [1.807, 2.05) is 19.9 Å². The van der Waals surface area contributed by atoms with Crippen LogP contribution in [0.1, 0.15) is 86.7 Å². The Balaban J connectivity index is 0.000000872. The van der Waals surface area contributed by atoms with Gasteiger partial charge in [-0.1, -0.05) is 39.2 Å². The Labute approximate surface area is 164 Å². The molecule has 3 unspecified atom stereocenters. The number of likely N-dealkylation sites (tertiary alicyclic amines) is 1. The van der Waals surface area contributed by atoms with E-state index in [0.29, 0.717) is 11.0 Å². The van der Waals surface area contributed by atoms with E-state index in [-0.39, 0.29) is 5.91 Å². The molecule has 2 bridgehead atoms. The third-order valence-corrected chi connectivity index (χ3v) is 7.95. The molecule has 148 valence electrons. The van der Waals surface area contributed by atoms with Gasteiger partial charge in [0.25, 0.3) is 0 Å². The molecule has 0 radical (unpaired) electrons. The van der Waals surface area contributed by atoms with E-state index in [1.54, 1.807) is 0 Å². The molecule has 0 aromatic heterocycles. The highest BCUT2D eigenvalue weighted by Gasteiger charge is 2.53. The topological polar surface area (TPSA) is 46.3 Å². The van der Waals surface area contributed by atoms with Crippen LogP contribution in [0.15, 0.2) is 18.2 Å². The molecule has 3 nitrogen and oxygen atoms in total. The summed E-state index contributed by atoms with van der Waals surface area (Å²) in [7, 11) is 0. The van der Waals surface area contributed by atoms with E-state index in [0.717, 1.165) is 17.9 Å². The summed E-state index contributed by atoms with van der Waals surface area (Å²) in [6.45, 7) is 6.57. The van der Waals surface area contributed by atoms with Gasteiger partial charge in [-0.2, -0.15) is 0 Å². The molecule has 3 atom stereocenters. The second-order valence-corrected chi connectivity index (χ2v) is 9.06. The predicted octanol–water partition coefficient (Wildman–Crippen LogP) is 4.67. The minimum atomic E-state index is -0.281. The molecule has 2 N–H and O–H groups in total. The zero-order valence-electron chi connectivity index (χ0n) is 17.2. The lowest BCUT2D eigenvalue weighted by Gasteiger charge is -2.59. The summed E-state index contributed by atoms with van der Waals surface area (Å²) >= 11 is 0. The third-order valence-electron chi connectivity index (χ3n) is 7.95. The van der Waals surface area contributed by atoms with Gasteiger partial charge in [0.2, 0.25) is 5.91 Å². The fourth-order valence-corrected chi connectivity index (χ4v) is 6.47. The number of rotatable bonds is 3. The molecule has 3 aliphatic carbocycles. The van der Waals surface area contributed by atoms with Gasteiger partial charge >= 0.3 is 0 Å². The second kappa shape index (κ2) is 7.58. The number of nitrogens with two attached hydrogens (primary N) is 1. The van der Waals surface area contributed by atoms with Crippen LogP contribution in [-0.2, 0) is 11.8 Å². The van der Waals surface area contributed by atoms with Gasteiger partial charge in [0.05, 0.1) is 0 Å². The van der Waals surface area contributed by atoms with E-state index in [4.69, 9.17) is 5.73 Å². The van der Waals surface area contributed by atoms with Gasteiger partial charge in [-0.15, -0.1) is 0 Å². The molecule has 1 amide bonds. The fraction of sp³-hybridized carbons (Fsp3) is 0.708. The van der Waals surface area contributed by atoms with Gasteiger partial charge in [-0.05, 0) is 80.2 Å². The van der Waals surface area contributed by atoms with Crippen LogP contribution in [0.4, 0.5) is 0 Å². The van der Waals surface area contributed by atoms with Crippen molar-refractivity contribution in [2.24, 2.45) is 17.6 Å². The van der Waals surface area contributed by atoms with Crippen molar-refractivity contribution in [3.63, 3.8) is 0 Å². The Morgan fingerprint density at radius 3 is 2.67 bits per heavy atom. The van der Waals surface area contributed by atoms with Crippen LogP contribution >= 0.6 is 0 Å². The summed E-state index contributed by atoms with van der Waals surface area (Å²) in [4.78, 5) is 14.6. The smallest absolute Gasteiger partial charge is 0.248 e. The van der Waals surface area contributed by atoms with Crippen LogP contribution < -0.4 is 5.73 Å². The number of fused-ring (bicyclic) bond motifs is 1. The lowest BCUT2D eigenvalue weighted by molar-refractivity contribution is -0.0240. The standard InChI is InChI=1S/C22H30N2O.C2H6/c23-21(25)17-8-7-16-13-20-18-6-1-2-9-22(18,19(16)12-17)10-11-24(20)14-15-4-3-5-15;1-2/h7-8,12,15,18,20H,1-6,9-11,13-14H2,(H2,23,25);1-2H3. The third kappa shape index (κ3) is 3.12. The SMILES string of the molecule is CC.NC(=O)c1ccc2c(c1)C13CCCCC1C(C2)N(CC1CCC1)CC3. The van der Waals surface area contributed by atoms with Crippen molar-refractivity contribution in [3.05, 3.63) is 34.9 Å². The first-order valence-corrected chi connectivity index (χ1v) is 11.3. The molecule has 27 heavy (non-hydrogen) atoms. The number of carbonyl (C=O) groups excluding carboxylic acids is 1. The average molecular weight is 369 g/mol. The number of hydrogen-bond acceptors (Lipinski definition) is 2. The zero-order chi connectivity index (χ0) is 19.0. The largest absolute Gasteiger partial charge is 0.366 e. The van der Waals surface area contributed by atoms with E-state index in [9.17, 15) is 4.79 Å². The molecule has 1 heterocycles. The average Bonchev–Trinajstić information content (AvgIpc) is 2.67. The van der Waals surface area contributed by atoms with Gasteiger partial charge in [-0.3, -0.25) is 9.69 Å². The van der Waals surface area contributed by atoms with Crippen LogP contribution in [0, 0.1) is 11.8 Å². The number of amides is 1. The molecule has 1 saturated heterocycles. The summed E-state index contributed by atoms with van der Waals surface area (Å²) in [5.41, 5.74) is 9.58. The summed E-state index contributed by atoms with van der Waals surface area (Å²) in [6.07, 6.45) is 12.2. The normalized spacial score (nSPS) is 32.4. The van der Waals surface area contributed by atoms with Crippen molar-refractivity contribution in [3.8, 4) is 0 Å². The number of carbonyl (C=O) groups is 1. The maximum Gasteiger partial charge on any atom is 0.248 e. The van der Waals surface area contributed by atoms with Crippen LogP contribution in [0.3, 0.4) is 0 Å². The molecule has 1 aliphatic heterocycles. The summed E-state index contributed by atoms with van der Waals surface area (Å²) in [5, 5.41) is 0.